The second kappa shape index (κ2) is 7.58. The summed E-state index contributed by atoms with van der Waals surface area (Å²) in [5.74, 6) is -0.394. The summed E-state index contributed by atoms with van der Waals surface area (Å²) in [6.07, 6.45) is 1.47. The van der Waals surface area contributed by atoms with Crippen LogP contribution < -0.4 is 11.2 Å². The van der Waals surface area contributed by atoms with Crippen molar-refractivity contribution >= 4 is 40.9 Å². The number of thiophene rings is 1. The number of hydrazone groups is 1. The quantitative estimate of drug-likeness (QED) is 0.377. The zero-order valence-corrected chi connectivity index (χ0v) is 15.6. The van der Waals surface area contributed by atoms with E-state index in [1.54, 1.807) is 24.3 Å². The van der Waals surface area contributed by atoms with Crippen LogP contribution in [0.25, 0.3) is 16.4 Å². The van der Waals surface area contributed by atoms with E-state index in [4.69, 9.17) is 17.3 Å². The predicted molar refractivity (Wildman–Crippen MR) is 103 cm³/mol. The monoisotopic (exact) mass is 414 g/mol. The zero-order valence-electron chi connectivity index (χ0n) is 14.0. The van der Waals surface area contributed by atoms with E-state index < -0.39 is 5.91 Å². The molecule has 28 heavy (non-hydrogen) atoms. The summed E-state index contributed by atoms with van der Waals surface area (Å²) in [7, 11) is 0. The molecule has 0 bridgehead atoms. The Balaban J connectivity index is 1.65. The molecule has 0 aliphatic heterocycles. The van der Waals surface area contributed by atoms with E-state index in [2.05, 4.69) is 35.8 Å². The maximum Gasteiger partial charge on any atom is 0.294 e. The van der Waals surface area contributed by atoms with Gasteiger partial charge in [0.15, 0.2) is 5.69 Å². The first-order valence-corrected chi connectivity index (χ1v) is 9.06. The van der Waals surface area contributed by atoms with Crippen molar-refractivity contribution < 1.29 is 9.42 Å². The molecule has 0 spiro atoms. The number of carbonyl (C=O) groups is 1. The molecule has 3 N–H and O–H groups in total. The van der Waals surface area contributed by atoms with Gasteiger partial charge in [0.25, 0.3) is 5.91 Å². The molecule has 4 aromatic rings. The smallest absolute Gasteiger partial charge is 0.294 e. The summed E-state index contributed by atoms with van der Waals surface area (Å²) in [5, 5.41) is 21.5. The maximum atomic E-state index is 12.6. The van der Waals surface area contributed by atoms with Crippen LogP contribution in [-0.4, -0.2) is 37.4 Å². The molecule has 1 amide bonds. The van der Waals surface area contributed by atoms with Gasteiger partial charge in [0.1, 0.15) is 5.69 Å². The third kappa shape index (κ3) is 3.48. The SMILES string of the molecule is Nc1nonc1-n1nnc(C(=O)N/N=C/c2cccc(Cl)c2)c1-c1cccs1. The molecular weight excluding hydrogens is 404 g/mol. The molecule has 10 nitrogen and oxygen atoms in total. The molecule has 1 aromatic carbocycles. The Hall–Kier alpha value is -3.57. The van der Waals surface area contributed by atoms with E-state index in [1.165, 1.54) is 22.2 Å². The number of amides is 1. The van der Waals surface area contributed by atoms with Gasteiger partial charge >= 0.3 is 0 Å². The number of nitrogen functional groups attached to an aromatic ring is 1. The third-order valence-corrected chi connectivity index (χ3v) is 4.68. The normalized spacial score (nSPS) is 11.2. The van der Waals surface area contributed by atoms with Crippen LogP contribution in [0.1, 0.15) is 16.1 Å². The number of halogens is 1. The van der Waals surface area contributed by atoms with Crippen LogP contribution in [0.3, 0.4) is 0 Å². The third-order valence-electron chi connectivity index (χ3n) is 3.56. The number of nitrogens with one attached hydrogen (secondary N) is 1. The standard InChI is InChI=1S/C16H11ClN8O2S/c17-10-4-1-3-9(7-10)8-19-21-16(26)12-13(11-5-2-6-28-11)25(24-20-12)15-14(18)22-27-23-15/h1-8H,(H2,18,22)(H,21,26)/b19-8+. The molecule has 0 atom stereocenters. The molecule has 140 valence electrons. The number of hydrogen-bond donors (Lipinski definition) is 2. The van der Waals surface area contributed by atoms with Gasteiger partial charge in [-0.25, -0.2) is 10.1 Å². The summed E-state index contributed by atoms with van der Waals surface area (Å²) in [6.45, 7) is 0. The minimum Gasteiger partial charge on any atom is -0.378 e. The highest BCUT2D eigenvalue weighted by atomic mass is 35.5. The van der Waals surface area contributed by atoms with E-state index in [0.717, 1.165) is 10.4 Å². The van der Waals surface area contributed by atoms with Gasteiger partial charge < -0.3 is 5.73 Å². The fourth-order valence-corrected chi connectivity index (χ4v) is 3.31. The van der Waals surface area contributed by atoms with Gasteiger partial charge in [-0.1, -0.05) is 35.0 Å². The molecule has 0 saturated carbocycles. The lowest BCUT2D eigenvalue weighted by Crippen LogP contribution is -2.19. The maximum absolute atomic E-state index is 12.6. The Kier molecular flexibility index (Phi) is 4.83. The second-order valence-corrected chi connectivity index (χ2v) is 6.79. The second-order valence-electron chi connectivity index (χ2n) is 5.40. The van der Waals surface area contributed by atoms with Crippen molar-refractivity contribution in [3.8, 4) is 16.4 Å². The van der Waals surface area contributed by atoms with Gasteiger partial charge in [-0.15, -0.1) is 16.4 Å². The van der Waals surface area contributed by atoms with Gasteiger partial charge in [0.2, 0.25) is 11.6 Å². The van der Waals surface area contributed by atoms with Crippen LogP contribution in [0.5, 0.6) is 0 Å². The number of rotatable bonds is 5. The van der Waals surface area contributed by atoms with Gasteiger partial charge in [-0.2, -0.15) is 9.78 Å². The van der Waals surface area contributed by atoms with Crippen LogP contribution >= 0.6 is 22.9 Å². The first-order valence-electron chi connectivity index (χ1n) is 7.80. The average molecular weight is 415 g/mol. The lowest BCUT2D eigenvalue weighted by atomic mass is 10.2. The van der Waals surface area contributed by atoms with Crippen LogP contribution in [0, 0.1) is 0 Å². The summed E-state index contributed by atoms with van der Waals surface area (Å²) in [6, 6.07) is 10.7. The largest absolute Gasteiger partial charge is 0.378 e. The van der Waals surface area contributed by atoms with Crippen LogP contribution in [0.15, 0.2) is 51.5 Å². The molecule has 0 unspecified atom stereocenters. The molecule has 0 radical (unpaired) electrons. The van der Waals surface area contributed by atoms with E-state index in [0.29, 0.717) is 10.7 Å². The molecule has 3 aromatic heterocycles. The summed E-state index contributed by atoms with van der Waals surface area (Å²) < 4.78 is 5.92. The van der Waals surface area contributed by atoms with Crippen LogP contribution in [0.4, 0.5) is 5.82 Å². The van der Waals surface area contributed by atoms with E-state index in [1.807, 2.05) is 17.5 Å². The van der Waals surface area contributed by atoms with Crippen molar-refractivity contribution in [3.05, 3.63) is 58.1 Å². The van der Waals surface area contributed by atoms with Crippen molar-refractivity contribution in [2.75, 3.05) is 5.73 Å². The lowest BCUT2D eigenvalue weighted by Gasteiger charge is -2.03. The number of hydrogen-bond acceptors (Lipinski definition) is 9. The predicted octanol–water partition coefficient (Wildman–Crippen LogP) is 2.38. The Bertz CT molecular complexity index is 1150. The minimum atomic E-state index is -0.553. The van der Waals surface area contributed by atoms with Crippen molar-refractivity contribution in [1.82, 2.24) is 30.7 Å². The van der Waals surface area contributed by atoms with Gasteiger partial charge in [0.05, 0.1) is 11.1 Å². The van der Waals surface area contributed by atoms with E-state index in [-0.39, 0.29) is 17.3 Å². The minimum absolute atomic E-state index is 0.0219. The van der Waals surface area contributed by atoms with Gasteiger partial charge in [-0.3, -0.25) is 4.79 Å². The summed E-state index contributed by atoms with van der Waals surface area (Å²) >= 11 is 7.32. The van der Waals surface area contributed by atoms with Crippen molar-refractivity contribution in [2.45, 2.75) is 0 Å². The first kappa shape index (κ1) is 17.8. The Morgan fingerprint density at radius 2 is 2.21 bits per heavy atom. The van der Waals surface area contributed by atoms with E-state index in [9.17, 15) is 4.79 Å². The number of nitrogens with zero attached hydrogens (tertiary/aromatic N) is 6. The van der Waals surface area contributed by atoms with Crippen molar-refractivity contribution in [1.29, 1.82) is 0 Å². The molecule has 0 fully saturated rings. The van der Waals surface area contributed by atoms with E-state index >= 15 is 0 Å². The highest BCUT2D eigenvalue weighted by Crippen LogP contribution is 2.29. The number of nitrogens with two attached hydrogens (primary N) is 1. The Morgan fingerprint density at radius 3 is 2.93 bits per heavy atom. The van der Waals surface area contributed by atoms with Gasteiger partial charge in [-0.05, 0) is 39.5 Å². The molecular formula is C16H11ClN8O2S. The molecule has 0 saturated heterocycles. The molecule has 3 heterocycles. The topological polar surface area (TPSA) is 137 Å². The Morgan fingerprint density at radius 1 is 1.32 bits per heavy atom. The van der Waals surface area contributed by atoms with Crippen LogP contribution in [0.2, 0.25) is 5.02 Å². The molecule has 0 aliphatic carbocycles. The fourth-order valence-electron chi connectivity index (χ4n) is 2.36. The molecule has 4 rings (SSSR count). The van der Waals surface area contributed by atoms with Crippen molar-refractivity contribution in [3.63, 3.8) is 0 Å². The highest BCUT2D eigenvalue weighted by Gasteiger charge is 2.25. The number of anilines is 1. The number of aromatic nitrogens is 5. The lowest BCUT2D eigenvalue weighted by molar-refractivity contribution is 0.0951. The molecule has 0 aliphatic rings. The fraction of sp³-hybridized carbons (Fsp3) is 0. The summed E-state index contributed by atoms with van der Waals surface area (Å²) in [5.41, 5.74) is 9.36. The number of carbonyl (C=O) groups excluding carboxylic acids is 1. The Labute approximate surface area is 166 Å². The van der Waals surface area contributed by atoms with Gasteiger partial charge in [0, 0.05) is 5.02 Å². The first-order chi connectivity index (χ1) is 13.6. The zero-order chi connectivity index (χ0) is 19.5. The number of benzene rings is 1. The highest BCUT2D eigenvalue weighted by molar-refractivity contribution is 7.13. The van der Waals surface area contributed by atoms with Crippen LogP contribution in [-0.2, 0) is 0 Å². The molecule has 12 heteroatoms. The summed E-state index contributed by atoms with van der Waals surface area (Å²) in [4.78, 5) is 13.4. The van der Waals surface area contributed by atoms with Crippen molar-refractivity contribution in [2.24, 2.45) is 5.10 Å². The average Bonchev–Trinajstić information content (AvgIpc) is 3.41.